The van der Waals surface area contributed by atoms with Gasteiger partial charge in [0.15, 0.2) is 0 Å². The fourth-order valence-electron chi connectivity index (χ4n) is 4.50. The molecule has 2 amide bonds. The molecule has 0 saturated carbocycles. The van der Waals surface area contributed by atoms with Crippen LogP contribution in [0.4, 0.5) is 11.4 Å². The molecule has 0 aliphatic carbocycles. The molecule has 0 aliphatic rings. The number of aromatic nitrogens is 2. The van der Waals surface area contributed by atoms with Gasteiger partial charge >= 0.3 is 0 Å². The monoisotopic (exact) mass is 588 g/mol. The number of amides is 2. The van der Waals surface area contributed by atoms with Gasteiger partial charge in [-0.3, -0.25) is 19.2 Å². The molecule has 0 fully saturated rings. The van der Waals surface area contributed by atoms with E-state index >= 15 is 0 Å². The number of carbonyl (C=O) groups is 2. The Morgan fingerprint density at radius 3 is 1.90 bits per heavy atom. The normalized spacial score (nSPS) is 10.6. The molecule has 7 nitrogen and oxygen atoms in total. The summed E-state index contributed by atoms with van der Waals surface area (Å²) in [7, 11) is 0. The molecule has 2 aromatic carbocycles. The van der Waals surface area contributed by atoms with E-state index in [-0.39, 0.29) is 23.6 Å². The highest BCUT2D eigenvalue weighted by molar-refractivity contribution is 6.29. The van der Waals surface area contributed by atoms with Crippen LogP contribution in [-0.2, 0) is 33.8 Å². The van der Waals surface area contributed by atoms with Gasteiger partial charge in [-0.1, -0.05) is 57.2 Å². The summed E-state index contributed by atoms with van der Waals surface area (Å²) >= 11 is 11.5. The van der Waals surface area contributed by atoms with Crippen molar-refractivity contribution in [3.63, 3.8) is 0 Å². The predicted octanol–water partition coefficient (Wildman–Crippen LogP) is 6.54. The van der Waals surface area contributed by atoms with E-state index in [0.29, 0.717) is 19.8 Å². The van der Waals surface area contributed by atoms with Gasteiger partial charge < -0.3 is 9.64 Å². The van der Waals surface area contributed by atoms with Crippen LogP contribution < -0.4 is 9.80 Å². The Kier molecular flexibility index (Phi) is 14.8. The first-order chi connectivity index (χ1) is 19.3. The van der Waals surface area contributed by atoms with Gasteiger partial charge in [-0.25, -0.2) is 0 Å². The van der Waals surface area contributed by atoms with Crippen LogP contribution in [0.5, 0.6) is 0 Å². The van der Waals surface area contributed by atoms with Gasteiger partial charge in [0, 0.05) is 25.5 Å². The van der Waals surface area contributed by atoms with E-state index in [1.807, 2.05) is 44.3 Å². The number of alkyl halides is 2. The number of ether oxygens (including phenoxy) is 1. The molecule has 0 radical (unpaired) electrons. The Morgan fingerprint density at radius 1 is 0.825 bits per heavy atom. The van der Waals surface area contributed by atoms with Gasteiger partial charge in [0.05, 0.1) is 18.0 Å². The van der Waals surface area contributed by atoms with Crippen molar-refractivity contribution in [1.29, 1.82) is 0 Å². The van der Waals surface area contributed by atoms with Gasteiger partial charge in [-0.15, -0.1) is 23.2 Å². The second-order valence-electron chi connectivity index (χ2n) is 9.31. The molecule has 40 heavy (non-hydrogen) atoms. The summed E-state index contributed by atoms with van der Waals surface area (Å²) in [5.41, 5.74) is 6.39. The molecule has 0 spiro atoms. The van der Waals surface area contributed by atoms with Crippen molar-refractivity contribution in [1.82, 2.24) is 9.78 Å². The molecule has 3 rings (SSSR count). The van der Waals surface area contributed by atoms with Crippen LogP contribution in [0.3, 0.4) is 0 Å². The smallest absolute Gasteiger partial charge is 0.243 e. The third kappa shape index (κ3) is 9.36. The minimum absolute atomic E-state index is 0.00498. The largest absolute Gasteiger partial charge is 0.380 e. The van der Waals surface area contributed by atoms with E-state index in [9.17, 15) is 9.59 Å². The van der Waals surface area contributed by atoms with E-state index in [2.05, 4.69) is 44.1 Å². The zero-order chi connectivity index (χ0) is 29.5. The molecule has 0 atom stereocenters. The van der Waals surface area contributed by atoms with E-state index in [0.717, 1.165) is 48.4 Å². The minimum atomic E-state index is -0.130. The molecule has 218 valence electrons. The van der Waals surface area contributed by atoms with Crippen LogP contribution in [0.25, 0.3) is 0 Å². The van der Waals surface area contributed by atoms with Gasteiger partial charge in [-0.05, 0) is 61.4 Å². The topological polar surface area (TPSA) is 67.7 Å². The standard InChI is InChI=1S/C17H26ClNO2.C14H16ClN3O/c1-4-11-21-12-10-19(16(20)13-18)17-14(5-2)8-7-9-15(17)6-3;1-11-5-3-6-12(2)14(11)18(13(19)9-15)10-17-8-4-7-16-17/h7-9H,4-6,10-13H2,1-3H3;3-8H,9-10H2,1-2H3. The maximum Gasteiger partial charge on any atom is 0.243 e. The van der Waals surface area contributed by atoms with Crippen molar-refractivity contribution in [2.45, 2.75) is 60.5 Å². The molecule has 0 saturated heterocycles. The number of nitrogens with zero attached hydrogens (tertiary/aromatic N) is 4. The quantitative estimate of drug-likeness (QED) is 0.168. The van der Waals surface area contributed by atoms with Crippen molar-refractivity contribution in [2.24, 2.45) is 0 Å². The average Bonchev–Trinajstić information content (AvgIpc) is 3.49. The van der Waals surface area contributed by atoms with Crippen LogP contribution in [-0.4, -0.2) is 53.1 Å². The maximum absolute atomic E-state index is 12.3. The predicted molar refractivity (Wildman–Crippen MR) is 166 cm³/mol. The molecule has 0 N–H and O–H groups in total. The Balaban J connectivity index is 0.000000281. The minimum Gasteiger partial charge on any atom is -0.380 e. The summed E-state index contributed by atoms with van der Waals surface area (Å²) in [6.45, 7) is 12.4. The number of anilines is 2. The number of aryl methyl sites for hydroxylation is 4. The first-order valence-corrected chi connectivity index (χ1v) is 14.8. The lowest BCUT2D eigenvalue weighted by atomic mass is 10.0. The molecule has 0 bridgehead atoms. The van der Waals surface area contributed by atoms with Crippen molar-refractivity contribution >= 4 is 46.4 Å². The summed E-state index contributed by atoms with van der Waals surface area (Å²) in [6.07, 6.45) is 6.28. The first kappa shape index (κ1) is 33.3. The third-order valence-electron chi connectivity index (χ3n) is 6.43. The number of hydrogen-bond acceptors (Lipinski definition) is 4. The highest BCUT2D eigenvalue weighted by Gasteiger charge is 2.20. The third-order valence-corrected chi connectivity index (χ3v) is 6.89. The molecule has 9 heteroatoms. The number of carbonyl (C=O) groups excluding carboxylic acids is 2. The van der Waals surface area contributed by atoms with Crippen LogP contribution in [0.1, 0.15) is 49.4 Å². The summed E-state index contributed by atoms with van der Waals surface area (Å²) < 4.78 is 7.24. The second kappa shape index (κ2) is 17.7. The Morgan fingerprint density at radius 2 is 1.40 bits per heavy atom. The summed E-state index contributed by atoms with van der Waals surface area (Å²) in [5.74, 6) is -0.244. The van der Waals surface area contributed by atoms with Gasteiger partial charge in [0.2, 0.25) is 11.8 Å². The lowest BCUT2D eigenvalue weighted by Crippen LogP contribution is -2.36. The summed E-state index contributed by atoms with van der Waals surface area (Å²) in [4.78, 5) is 27.8. The zero-order valence-electron chi connectivity index (χ0n) is 24.3. The maximum atomic E-state index is 12.3. The highest BCUT2D eigenvalue weighted by Crippen LogP contribution is 2.28. The van der Waals surface area contributed by atoms with E-state index in [4.69, 9.17) is 27.9 Å². The summed E-state index contributed by atoms with van der Waals surface area (Å²) in [6, 6.07) is 14.0. The van der Waals surface area contributed by atoms with E-state index in [1.54, 1.807) is 20.7 Å². The Bertz CT molecular complexity index is 1160. The van der Waals surface area contributed by atoms with Crippen LogP contribution in [0.15, 0.2) is 54.9 Å². The fourth-order valence-corrected chi connectivity index (χ4v) is 4.79. The Hall–Kier alpha value is -2.87. The van der Waals surface area contributed by atoms with E-state index < -0.39 is 0 Å². The lowest BCUT2D eigenvalue weighted by molar-refractivity contribution is -0.117. The van der Waals surface area contributed by atoms with Crippen molar-refractivity contribution in [2.75, 3.05) is 41.3 Å². The number of rotatable bonds is 13. The van der Waals surface area contributed by atoms with Crippen LogP contribution in [0.2, 0.25) is 0 Å². The van der Waals surface area contributed by atoms with Crippen LogP contribution in [0, 0.1) is 13.8 Å². The van der Waals surface area contributed by atoms with E-state index in [1.165, 1.54) is 11.1 Å². The molecule has 0 aliphatic heterocycles. The molecule has 3 aromatic rings. The summed E-state index contributed by atoms with van der Waals surface area (Å²) in [5, 5.41) is 4.14. The number of halogens is 2. The molecule has 1 aromatic heterocycles. The van der Waals surface area contributed by atoms with Crippen LogP contribution >= 0.6 is 23.2 Å². The second-order valence-corrected chi connectivity index (χ2v) is 9.84. The average molecular weight is 590 g/mol. The van der Waals surface area contributed by atoms with Gasteiger partial charge in [-0.2, -0.15) is 5.10 Å². The Labute approximate surface area is 249 Å². The van der Waals surface area contributed by atoms with Crippen molar-refractivity contribution in [3.8, 4) is 0 Å². The van der Waals surface area contributed by atoms with Gasteiger partial charge in [0.25, 0.3) is 0 Å². The SMILES string of the molecule is CCCOCCN(C(=O)CCl)c1c(CC)cccc1CC.Cc1cccc(C)c1N(Cn1cccn1)C(=O)CCl. The number of para-hydroxylation sites is 2. The fraction of sp³-hybridized carbons (Fsp3) is 0.452. The van der Waals surface area contributed by atoms with Crippen molar-refractivity contribution in [3.05, 3.63) is 77.1 Å². The first-order valence-electron chi connectivity index (χ1n) is 13.8. The van der Waals surface area contributed by atoms with Gasteiger partial charge in [0.1, 0.15) is 18.4 Å². The highest BCUT2D eigenvalue weighted by atomic mass is 35.5. The molecule has 1 heterocycles. The number of hydrogen-bond donors (Lipinski definition) is 0. The molecule has 0 unspecified atom stereocenters. The lowest BCUT2D eigenvalue weighted by Gasteiger charge is -2.27. The number of benzene rings is 2. The van der Waals surface area contributed by atoms with Crippen molar-refractivity contribution < 1.29 is 14.3 Å². The molecular weight excluding hydrogens is 547 g/mol. The molecular formula is C31H42Cl2N4O3. The zero-order valence-corrected chi connectivity index (χ0v) is 25.8.